The SMILES string of the molecule is CC1(C)C(NC(=O)c2ncoc2-c2cccs2)C2CCOC21. The average molecular weight is 318 g/mol. The van der Waals surface area contributed by atoms with Gasteiger partial charge in [0.05, 0.1) is 11.0 Å². The Kier molecular flexibility index (Phi) is 3.13. The molecule has 5 nitrogen and oxygen atoms in total. The van der Waals surface area contributed by atoms with Crippen LogP contribution < -0.4 is 5.32 Å². The van der Waals surface area contributed by atoms with Gasteiger partial charge in [0.1, 0.15) is 0 Å². The summed E-state index contributed by atoms with van der Waals surface area (Å²) in [6.07, 6.45) is 2.60. The second-order valence-electron chi connectivity index (χ2n) is 6.52. The van der Waals surface area contributed by atoms with E-state index in [-0.39, 0.29) is 23.5 Å². The number of carbonyl (C=O) groups excluding carboxylic acids is 1. The lowest BCUT2D eigenvalue weighted by Gasteiger charge is -2.54. The van der Waals surface area contributed by atoms with Crippen molar-refractivity contribution in [2.45, 2.75) is 32.4 Å². The Bertz CT molecular complexity index is 692. The molecule has 4 rings (SSSR count). The first kappa shape index (κ1) is 14.0. The minimum Gasteiger partial charge on any atom is -0.442 e. The van der Waals surface area contributed by atoms with E-state index in [0.29, 0.717) is 17.4 Å². The monoisotopic (exact) mass is 318 g/mol. The number of carbonyl (C=O) groups is 1. The number of thiophene rings is 1. The molecule has 0 aromatic carbocycles. The van der Waals surface area contributed by atoms with Crippen molar-refractivity contribution in [1.29, 1.82) is 0 Å². The standard InChI is InChI=1S/C16H18N2O3S/c1-16(2)13(9-5-6-20-14(9)16)18-15(19)11-12(21-8-17-11)10-4-3-7-22-10/h3-4,7-9,13-14H,5-6H2,1-2H3,(H,18,19). The molecule has 2 aromatic rings. The molecule has 2 aromatic heterocycles. The largest absolute Gasteiger partial charge is 0.442 e. The molecule has 22 heavy (non-hydrogen) atoms. The van der Waals surface area contributed by atoms with Crippen LogP contribution in [0, 0.1) is 11.3 Å². The van der Waals surface area contributed by atoms with Gasteiger partial charge in [0.25, 0.3) is 5.91 Å². The maximum atomic E-state index is 12.6. The van der Waals surface area contributed by atoms with Gasteiger partial charge < -0.3 is 14.5 Å². The van der Waals surface area contributed by atoms with Gasteiger partial charge in [-0.05, 0) is 17.9 Å². The number of rotatable bonds is 3. The fourth-order valence-corrected chi connectivity index (χ4v) is 4.53. The maximum absolute atomic E-state index is 12.6. The molecular weight excluding hydrogens is 300 g/mol. The zero-order chi connectivity index (χ0) is 15.3. The number of aromatic nitrogens is 1. The van der Waals surface area contributed by atoms with E-state index >= 15 is 0 Å². The normalized spacial score (nSPS) is 28.9. The molecule has 1 aliphatic heterocycles. The molecule has 1 saturated carbocycles. The third-order valence-electron chi connectivity index (χ3n) is 4.91. The van der Waals surface area contributed by atoms with Crippen LogP contribution in [0.25, 0.3) is 10.6 Å². The Labute approximate surface area is 132 Å². The molecule has 1 saturated heterocycles. The van der Waals surface area contributed by atoms with Crippen LogP contribution in [-0.2, 0) is 4.74 Å². The predicted octanol–water partition coefficient (Wildman–Crippen LogP) is 2.95. The highest BCUT2D eigenvalue weighted by molar-refractivity contribution is 7.13. The van der Waals surface area contributed by atoms with Gasteiger partial charge in [-0.1, -0.05) is 19.9 Å². The molecule has 1 amide bonds. The van der Waals surface area contributed by atoms with Crippen molar-refractivity contribution in [3.05, 3.63) is 29.6 Å². The highest BCUT2D eigenvalue weighted by Crippen LogP contribution is 2.52. The van der Waals surface area contributed by atoms with Gasteiger partial charge in [0.2, 0.25) is 0 Å². The zero-order valence-electron chi connectivity index (χ0n) is 12.5. The Balaban J connectivity index is 1.55. The molecule has 1 aliphatic carbocycles. The van der Waals surface area contributed by atoms with Gasteiger partial charge in [0.15, 0.2) is 17.8 Å². The van der Waals surface area contributed by atoms with Crippen molar-refractivity contribution in [2.75, 3.05) is 6.61 Å². The van der Waals surface area contributed by atoms with E-state index in [0.717, 1.165) is 17.9 Å². The summed E-state index contributed by atoms with van der Waals surface area (Å²) in [4.78, 5) is 17.7. The number of nitrogens with one attached hydrogen (secondary N) is 1. The van der Waals surface area contributed by atoms with Crippen LogP contribution in [0.15, 0.2) is 28.3 Å². The predicted molar refractivity (Wildman–Crippen MR) is 82.7 cm³/mol. The van der Waals surface area contributed by atoms with Gasteiger partial charge in [-0.25, -0.2) is 4.98 Å². The summed E-state index contributed by atoms with van der Waals surface area (Å²) in [6, 6.07) is 3.98. The van der Waals surface area contributed by atoms with Gasteiger partial charge in [0, 0.05) is 24.0 Å². The van der Waals surface area contributed by atoms with Crippen molar-refractivity contribution in [1.82, 2.24) is 10.3 Å². The molecule has 3 heterocycles. The van der Waals surface area contributed by atoms with Crippen molar-refractivity contribution in [2.24, 2.45) is 11.3 Å². The maximum Gasteiger partial charge on any atom is 0.274 e. The van der Waals surface area contributed by atoms with E-state index in [1.807, 2.05) is 17.5 Å². The number of hydrogen-bond acceptors (Lipinski definition) is 5. The van der Waals surface area contributed by atoms with Gasteiger partial charge >= 0.3 is 0 Å². The van der Waals surface area contributed by atoms with Gasteiger partial charge in [-0.2, -0.15) is 0 Å². The Morgan fingerprint density at radius 1 is 1.50 bits per heavy atom. The van der Waals surface area contributed by atoms with Crippen molar-refractivity contribution in [3.8, 4) is 10.6 Å². The minimum atomic E-state index is -0.166. The van der Waals surface area contributed by atoms with Crippen LogP contribution >= 0.6 is 11.3 Å². The smallest absolute Gasteiger partial charge is 0.274 e. The molecular formula is C16H18N2O3S. The molecule has 2 aliphatic rings. The first-order chi connectivity index (χ1) is 10.6. The average Bonchev–Trinajstić information content (AvgIpc) is 3.22. The first-order valence-electron chi connectivity index (χ1n) is 7.49. The Hall–Kier alpha value is -1.66. The molecule has 3 atom stereocenters. The van der Waals surface area contributed by atoms with E-state index < -0.39 is 0 Å². The van der Waals surface area contributed by atoms with E-state index in [1.165, 1.54) is 17.7 Å². The summed E-state index contributed by atoms with van der Waals surface area (Å²) < 4.78 is 11.2. The molecule has 3 unspecified atom stereocenters. The number of fused-ring (bicyclic) bond motifs is 1. The van der Waals surface area contributed by atoms with Crippen LogP contribution in [0.4, 0.5) is 0 Å². The fraction of sp³-hybridized carbons (Fsp3) is 0.500. The number of hydrogen-bond donors (Lipinski definition) is 1. The summed E-state index contributed by atoms with van der Waals surface area (Å²) >= 11 is 1.53. The molecule has 6 heteroatoms. The van der Waals surface area contributed by atoms with Crippen LogP contribution in [0.5, 0.6) is 0 Å². The van der Waals surface area contributed by atoms with Crippen molar-refractivity contribution >= 4 is 17.2 Å². The number of nitrogens with zero attached hydrogens (tertiary/aromatic N) is 1. The third kappa shape index (κ3) is 1.94. The molecule has 0 radical (unpaired) electrons. The van der Waals surface area contributed by atoms with E-state index in [9.17, 15) is 4.79 Å². The Morgan fingerprint density at radius 2 is 2.36 bits per heavy atom. The minimum absolute atomic E-state index is 0.0380. The third-order valence-corrected chi connectivity index (χ3v) is 5.78. The van der Waals surface area contributed by atoms with Crippen LogP contribution in [-0.4, -0.2) is 29.6 Å². The second kappa shape index (κ2) is 4.93. The second-order valence-corrected chi connectivity index (χ2v) is 7.47. The lowest BCUT2D eigenvalue weighted by molar-refractivity contribution is -0.108. The zero-order valence-corrected chi connectivity index (χ0v) is 13.4. The van der Waals surface area contributed by atoms with E-state index in [2.05, 4.69) is 24.1 Å². The molecule has 0 bridgehead atoms. The number of oxazole rings is 1. The lowest BCUT2D eigenvalue weighted by Crippen LogP contribution is -2.66. The lowest BCUT2D eigenvalue weighted by atomic mass is 9.57. The summed E-state index contributed by atoms with van der Waals surface area (Å²) in [5.41, 5.74) is 0.324. The highest BCUT2D eigenvalue weighted by Gasteiger charge is 2.59. The van der Waals surface area contributed by atoms with Crippen molar-refractivity contribution < 1.29 is 13.9 Å². The molecule has 2 fully saturated rings. The topological polar surface area (TPSA) is 64.4 Å². The van der Waals surface area contributed by atoms with E-state index in [4.69, 9.17) is 9.15 Å². The summed E-state index contributed by atoms with van der Waals surface area (Å²) in [6.45, 7) is 5.08. The molecule has 116 valence electrons. The van der Waals surface area contributed by atoms with Gasteiger partial charge in [-0.3, -0.25) is 4.79 Å². The molecule has 0 spiro atoms. The molecule has 1 N–H and O–H groups in total. The van der Waals surface area contributed by atoms with Crippen molar-refractivity contribution in [3.63, 3.8) is 0 Å². The fourth-order valence-electron chi connectivity index (χ4n) is 3.82. The van der Waals surface area contributed by atoms with Crippen LogP contribution in [0.3, 0.4) is 0 Å². The van der Waals surface area contributed by atoms with Crippen LogP contribution in [0.1, 0.15) is 30.8 Å². The Morgan fingerprint density at radius 3 is 3.14 bits per heavy atom. The number of amides is 1. The van der Waals surface area contributed by atoms with Crippen LogP contribution in [0.2, 0.25) is 0 Å². The van der Waals surface area contributed by atoms with E-state index in [1.54, 1.807) is 0 Å². The summed E-state index contributed by atoms with van der Waals surface area (Å²) in [5.74, 6) is 0.792. The summed E-state index contributed by atoms with van der Waals surface area (Å²) in [5, 5.41) is 5.10. The van der Waals surface area contributed by atoms with Gasteiger partial charge in [-0.15, -0.1) is 11.3 Å². The first-order valence-corrected chi connectivity index (χ1v) is 8.37. The quantitative estimate of drug-likeness (QED) is 0.945. The summed E-state index contributed by atoms with van der Waals surface area (Å²) in [7, 11) is 0. The number of ether oxygens (including phenoxy) is 1. The highest BCUT2D eigenvalue weighted by atomic mass is 32.1.